The summed E-state index contributed by atoms with van der Waals surface area (Å²) in [4.78, 5) is 10.1. The van der Waals surface area contributed by atoms with Gasteiger partial charge in [0.15, 0.2) is 5.65 Å². The molecule has 0 aromatic carbocycles. The molecular formula is C14H17N5S. The van der Waals surface area contributed by atoms with Crippen LogP contribution in [0.3, 0.4) is 0 Å². The van der Waals surface area contributed by atoms with Gasteiger partial charge in [-0.1, -0.05) is 6.92 Å². The molecule has 3 aromatic rings. The van der Waals surface area contributed by atoms with Crippen LogP contribution < -0.4 is 5.32 Å². The fourth-order valence-corrected chi connectivity index (χ4v) is 2.99. The quantitative estimate of drug-likeness (QED) is 0.801. The lowest BCUT2D eigenvalue weighted by Crippen LogP contribution is -1.98. The second-order valence-corrected chi connectivity index (χ2v) is 5.93. The molecular weight excluding hydrogens is 270 g/mol. The smallest absolute Gasteiger partial charge is 0.157 e. The first kappa shape index (κ1) is 13.1. The Labute approximate surface area is 121 Å². The summed E-state index contributed by atoms with van der Waals surface area (Å²) in [5.41, 5.74) is 2.93. The number of fused-ring (bicyclic) bond motifs is 1. The highest BCUT2D eigenvalue weighted by molar-refractivity contribution is 7.11. The van der Waals surface area contributed by atoms with Crippen molar-refractivity contribution in [2.45, 2.75) is 26.8 Å². The summed E-state index contributed by atoms with van der Waals surface area (Å²) >= 11 is 1.75. The second kappa shape index (κ2) is 5.20. The van der Waals surface area contributed by atoms with Crippen LogP contribution in [0.4, 0.5) is 5.69 Å². The fraction of sp³-hybridized carbons (Fsp3) is 0.357. The van der Waals surface area contributed by atoms with Crippen LogP contribution in [0.25, 0.3) is 11.0 Å². The molecule has 0 spiro atoms. The third-order valence-electron chi connectivity index (χ3n) is 3.23. The number of thiazole rings is 1. The van der Waals surface area contributed by atoms with Crippen LogP contribution in [0.5, 0.6) is 0 Å². The largest absolute Gasteiger partial charge is 0.379 e. The van der Waals surface area contributed by atoms with Gasteiger partial charge in [-0.15, -0.1) is 11.3 Å². The molecule has 0 aliphatic heterocycles. The van der Waals surface area contributed by atoms with E-state index in [-0.39, 0.29) is 0 Å². The Morgan fingerprint density at radius 2 is 2.15 bits per heavy atom. The molecule has 0 fully saturated rings. The van der Waals surface area contributed by atoms with E-state index in [4.69, 9.17) is 0 Å². The van der Waals surface area contributed by atoms with E-state index in [2.05, 4.69) is 33.4 Å². The number of rotatable bonds is 4. The van der Waals surface area contributed by atoms with Crippen LogP contribution in [0.15, 0.2) is 18.5 Å². The molecule has 0 aliphatic rings. The van der Waals surface area contributed by atoms with E-state index < -0.39 is 0 Å². The zero-order chi connectivity index (χ0) is 14.1. The molecule has 0 unspecified atom stereocenters. The van der Waals surface area contributed by atoms with Gasteiger partial charge in [0.1, 0.15) is 0 Å². The number of aryl methyl sites for hydroxylation is 3. The standard InChI is InChI=1S/C14H17N5S/c1-4-13-16-8-11(20-13)7-15-10-5-12-9(2)18-19(3)14(12)17-6-10/h5-6,8,15H,4,7H2,1-3H3. The zero-order valence-corrected chi connectivity index (χ0v) is 12.7. The molecule has 0 bridgehead atoms. The zero-order valence-electron chi connectivity index (χ0n) is 11.8. The average molecular weight is 287 g/mol. The molecule has 0 saturated heterocycles. The lowest BCUT2D eigenvalue weighted by molar-refractivity contribution is 0.774. The van der Waals surface area contributed by atoms with Gasteiger partial charge in [0.25, 0.3) is 0 Å². The van der Waals surface area contributed by atoms with Gasteiger partial charge in [-0.2, -0.15) is 5.10 Å². The van der Waals surface area contributed by atoms with Crippen LogP contribution >= 0.6 is 11.3 Å². The maximum Gasteiger partial charge on any atom is 0.157 e. The molecule has 20 heavy (non-hydrogen) atoms. The second-order valence-electron chi connectivity index (χ2n) is 4.73. The van der Waals surface area contributed by atoms with E-state index >= 15 is 0 Å². The minimum Gasteiger partial charge on any atom is -0.379 e. The topological polar surface area (TPSA) is 55.6 Å². The lowest BCUT2D eigenvalue weighted by Gasteiger charge is -2.04. The number of hydrogen-bond acceptors (Lipinski definition) is 5. The highest BCUT2D eigenvalue weighted by Crippen LogP contribution is 2.20. The minimum absolute atomic E-state index is 0.782. The molecule has 3 aromatic heterocycles. The Bertz CT molecular complexity index is 743. The predicted octanol–water partition coefficient (Wildman–Crippen LogP) is 2.91. The van der Waals surface area contributed by atoms with Crippen LogP contribution in [0.2, 0.25) is 0 Å². The molecule has 0 atom stereocenters. The summed E-state index contributed by atoms with van der Waals surface area (Å²) < 4.78 is 1.81. The van der Waals surface area contributed by atoms with Crippen molar-refractivity contribution in [2.24, 2.45) is 7.05 Å². The first-order valence-electron chi connectivity index (χ1n) is 6.64. The summed E-state index contributed by atoms with van der Waals surface area (Å²) in [5, 5.41) is 10.1. The van der Waals surface area contributed by atoms with Crippen molar-refractivity contribution < 1.29 is 0 Å². The van der Waals surface area contributed by atoms with Crippen molar-refractivity contribution >= 4 is 28.1 Å². The van der Waals surface area contributed by atoms with Crippen molar-refractivity contribution in [3.05, 3.63) is 34.0 Å². The van der Waals surface area contributed by atoms with Crippen molar-refractivity contribution in [1.82, 2.24) is 19.7 Å². The minimum atomic E-state index is 0.782. The van der Waals surface area contributed by atoms with Gasteiger partial charge in [0, 0.05) is 23.5 Å². The molecule has 104 valence electrons. The van der Waals surface area contributed by atoms with E-state index in [0.717, 1.165) is 35.4 Å². The SMILES string of the molecule is CCc1ncc(CNc2cnc3c(c2)c(C)nn3C)s1. The summed E-state index contributed by atoms with van der Waals surface area (Å²) in [5.74, 6) is 0. The molecule has 6 heteroatoms. The predicted molar refractivity (Wildman–Crippen MR) is 82.1 cm³/mol. The average Bonchev–Trinajstić information content (AvgIpc) is 3.02. The van der Waals surface area contributed by atoms with Crippen molar-refractivity contribution in [3.63, 3.8) is 0 Å². The van der Waals surface area contributed by atoms with Crippen LogP contribution in [-0.2, 0) is 20.0 Å². The van der Waals surface area contributed by atoms with Crippen LogP contribution in [-0.4, -0.2) is 19.7 Å². The molecule has 3 rings (SSSR count). The highest BCUT2D eigenvalue weighted by Gasteiger charge is 2.07. The van der Waals surface area contributed by atoms with E-state index in [1.165, 1.54) is 9.88 Å². The molecule has 5 nitrogen and oxygen atoms in total. The highest BCUT2D eigenvalue weighted by atomic mass is 32.1. The third kappa shape index (κ3) is 2.38. The molecule has 0 amide bonds. The Kier molecular flexibility index (Phi) is 3.40. The first-order chi connectivity index (χ1) is 9.67. The summed E-state index contributed by atoms with van der Waals surface area (Å²) in [6.45, 7) is 4.91. The van der Waals surface area contributed by atoms with E-state index in [9.17, 15) is 0 Å². The van der Waals surface area contributed by atoms with Crippen LogP contribution in [0.1, 0.15) is 22.5 Å². The van der Waals surface area contributed by atoms with Gasteiger partial charge in [0.2, 0.25) is 0 Å². The van der Waals surface area contributed by atoms with Gasteiger partial charge < -0.3 is 5.32 Å². The van der Waals surface area contributed by atoms with Gasteiger partial charge in [-0.25, -0.2) is 9.97 Å². The Morgan fingerprint density at radius 1 is 1.30 bits per heavy atom. The number of aromatic nitrogens is 4. The lowest BCUT2D eigenvalue weighted by atomic mass is 10.2. The van der Waals surface area contributed by atoms with E-state index in [1.807, 2.05) is 31.0 Å². The molecule has 0 saturated carbocycles. The number of hydrogen-bond donors (Lipinski definition) is 1. The number of nitrogens with one attached hydrogen (secondary N) is 1. The van der Waals surface area contributed by atoms with Crippen LogP contribution in [0, 0.1) is 6.92 Å². The normalized spacial score (nSPS) is 11.2. The monoisotopic (exact) mass is 287 g/mol. The molecule has 0 aliphatic carbocycles. The van der Waals surface area contributed by atoms with Crippen molar-refractivity contribution in [1.29, 1.82) is 0 Å². The maximum atomic E-state index is 4.46. The Balaban J connectivity index is 1.79. The molecule has 1 N–H and O–H groups in total. The van der Waals surface area contributed by atoms with Crippen molar-refractivity contribution in [2.75, 3.05) is 5.32 Å². The molecule has 3 heterocycles. The first-order valence-corrected chi connectivity index (χ1v) is 7.46. The maximum absolute atomic E-state index is 4.46. The van der Waals surface area contributed by atoms with E-state index in [0.29, 0.717) is 0 Å². The van der Waals surface area contributed by atoms with Gasteiger partial charge in [-0.05, 0) is 19.4 Å². The fourth-order valence-electron chi connectivity index (χ4n) is 2.19. The van der Waals surface area contributed by atoms with Gasteiger partial charge in [-0.3, -0.25) is 4.68 Å². The summed E-state index contributed by atoms with van der Waals surface area (Å²) in [7, 11) is 1.92. The number of anilines is 1. The number of pyridine rings is 1. The van der Waals surface area contributed by atoms with Gasteiger partial charge >= 0.3 is 0 Å². The Hall–Kier alpha value is -1.95. The van der Waals surface area contributed by atoms with Crippen molar-refractivity contribution in [3.8, 4) is 0 Å². The number of nitrogens with zero attached hydrogens (tertiary/aromatic N) is 4. The molecule has 0 radical (unpaired) electrons. The van der Waals surface area contributed by atoms with Gasteiger partial charge in [0.05, 0.1) is 29.1 Å². The third-order valence-corrected chi connectivity index (χ3v) is 4.38. The summed E-state index contributed by atoms with van der Waals surface area (Å²) in [6.07, 6.45) is 4.79. The summed E-state index contributed by atoms with van der Waals surface area (Å²) in [6, 6.07) is 2.10. The Morgan fingerprint density at radius 3 is 2.90 bits per heavy atom. The van der Waals surface area contributed by atoms with E-state index in [1.54, 1.807) is 11.3 Å².